The number of nitro benzene ring substituents is 1. The highest BCUT2D eigenvalue weighted by Crippen LogP contribution is 2.17. The summed E-state index contributed by atoms with van der Waals surface area (Å²) in [6, 6.07) is 12.3. The summed E-state index contributed by atoms with van der Waals surface area (Å²) >= 11 is 4.92. The molecule has 152 valence electrons. The van der Waals surface area contributed by atoms with E-state index < -0.39 is 10.8 Å². The summed E-state index contributed by atoms with van der Waals surface area (Å²) in [4.78, 5) is 33.7. The molecule has 2 aromatic rings. The second-order valence-electron chi connectivity index (χ2n) is 5.62. The van der Waals surface area contributed by atoms with Crippen LogP contribution in [0.15, 0.2) is 48.5 Å². The summed E-state index contributed by atoms with van der Waals surface area (Å²) in [6.45, 7) is -0.362. The topological polar surface area (TPSA) is 132 Å². The van der Waals surface area contributed by atoms with Crippen LogP contribution in [0.1, 0.15) is 5.56 Å². The van der Waals surface area contributed by atoms with Gasteiger partial charge in [0.05, 0.1) is 18.5 Å². The minimum absolute atomic E-state index is 0.0856. The number of hydrogen-bond acceptors (Lipinski definition) is 7. The van der Waals surface area contributed by atoms with E-state index in [1.165, 1.54) is 24.3 Å². The lowest BCUT2D eigenvalue weighted by molar-refractivity contribution is -0.384. The van der Waals surface area contributed by atoms with Crippen molar-refractivity contribution in [2.24, 2.45) is 0 Å². The normalized spacial score (nSPS) is 9.83. The maximum atomic E-state index is 11.9. The molecular formula is C18H18N4O6S. The zero-order valence-corrected chi connectivity index (χ0v) is 16.2. The van der Waals surface area contributed by atoms with Gasteiger partial charge in [0.15, 0.2) is 11.7 Å². The molecule has 3 N–H and O–H groups in total. The average molecular weight is 418 g/mol. The number of benzene rings is 2. The van der Waals surface area contributed by atoms with E-state index in [2.05, 4.69) is 16.2 Å². The molecule has 11 heteroatoms. The monoisotopic (exact) mass is 418 g/mol. The van der Waals surface area contributed by atoms with Gasteiger partial charge in [-0.25, -0.2) is 0 Å². The van der Waals surface area contributed by atoms with E-state index in [0.29, 0.717) is 5.75 Å². The van der Waals surface area contributed by atoms with E-state index in [-0.39, 0.29) is 35.5 Å². The molecule has 29 heavy (non-hydrogen) atoms. The zero-order valence-electron chi connectivity index (χ0n) is 15.3. The van der Waals surface area contributed by atoms with Crippen LogP contribution in [0, 0.1) is 10.1 Å². The van der Waals surface area contributed by atoms with Gasteiger partial charge < -0.3 is 9.47 Å². The molecule has 2 aromatic carbocycles. The predicted molar refractivity (Wildman–Crippen MR) is 107 cm³/mol. The molecule has 0 bridgehead atoms. The highest BCUT2D eigenvalue weighted by Gasteiger charge is 2.09. The number of carbonyl (C=O) groups excluding carboxylic acids is 2. The largest absolute Gasteiger partial charge is 0.497 e. The summed E-state index contributed by atoms with van der Waals surface area (Å²) in [5.41, 5.74) is 5.48. The van der Waals surface area contributed by atoms with E-state index in [1.807, 2.05) is 0 Å². The summed E-state index contributed by atoms with van der Waals surface area (Å²) in [5.74, 6) is 0.0590. The van der Waals surface area contributed by atoms with Crippen LogP contribution in [0.2, 0.25) is 0 Å². The maximum Gasteiger partial charge on any atom is 0.269 e. The lowest BCUT2D eigenvalue weighted by Crippen LogP contribution is -2.49. The Hall–Kier alpha value is -3.73. The Kier molecular flexibility index (Phi) is 7.86. The number of methoxy groups -OCH3 is 1. The van der Waals surface area contributed by atoms with Crippen LogP contribution in [-0.4, -0.2) is 35.6 Å². The summed E-state index contributed by atoms with van der Waals surface area (Å²) in [6.07, 6.45) is 0.108. The van der Waals surface area contributed by atoms with Gasteiger partial charge in [0.1, 0.15) is 11.5 Å². The molecule has 0 heterocycles. The molecular weight excluding hydrogens is 400 g/mol. The Morgan fingerprint density at radius 2 is 1.62 bits per heavy atom. The van der Waals surface area contributed by atoms with Crippen molar-refractivity contribution in [2.75, 3.05) is 13.7 Å². The van der Waals surface area contributed by atoms with Crippen molar-refractivity contribution < 1.29 is 24.0 Å². The minimum atomic E-state index is -0.565. The van der Waals surface area contributed by atoms with Crippen molar-refractivity contribution in [2.45, 2.75) is 6.42 Å². The molecule has 0 aromatic heterocycles. The third kappa shape index (κ3) is 7.42. The molecule has 0 aliphatic rings. The highest BCUT2D eigenvalue weighted by atomic mass is 32.1. The van der Waals surface area contributed by atoms with E-state index in [4.69, 9.17) is 21.7 Å². The van der Waals surface area contributed by atoms with E-state index in [1.54, 1.807) is 31.4 Å². The summed E-state index contributed by atoms with van der Waals surface area (Å²) in [5, 5.41) is 12.8. The maximum absolute atomic E-state index is 11.9. The molecule has 0 aliphatic carbocycles. The Balaban J connectivity index is 1.68. The number of rotatable bonds is 7. The van der Waals surface area contributed by atoms with Crippen LogP contribution in [-0.2, 0) is 16.0 Å². The van der Waals surface area contributed by atoms with Gasteiger partial charge in [-0.15, -0.1) is 0 Å². The molecule has 10 nitrogen and oxygen atoms in total. The number of hydrazine groups is 1. The molecule has 0 saturated carbocycles. The van der Waals surface area contributed by atoms with Crippen molar-refractivity contribution >= 4 is 34.8 Å². The number of carbonyl (C=O) groups is 2. The first-order valence-corrected chi connectivity index (χ1v) is 8.67. The summed E-state index contributed by atoms with van der Waals surface area (Å²) in [7, 11) is 1.55. The Morgan fingerprint density at radius 3 is 2.21 bits per heavy atom. The first-order chi connectivity index (χ1) is 13.9. The standard InChI is InChI=1S/C18H18N4O6S/c1-27-14-6-2-12(3-7-14)10-16(23)20-21-18(29)19-17(24)11-28-15-8-4-13(5-9-15)22(25)26/h2-9H,10-11H2,1H3,(H,20,23)(H2,19,21,24,29). The first-order valence-electron chi connectivity index (χ1n) is 8.26. The average Bonchev–Trinajstić information content (AvgIpc) is 2.71. The second-order valence-corrected chi connectivity index (χ2v) is 6.02. The van der Waals surface area contributed by atoms with Gasteiger partial charge in [0, 0.05) is 12.1 Å². The second kappa shape index (κ2) is 10.6. The molecule has 0 fully saturated rings. The minimum Gasteiger partial charge on any atom is -0.497 e. The third-order valence-electron chi connectivity index (χ3n) is 3.51. The zero-order chi connectivity index (χ0) is 21.2. The quantitative estimate of drug-likeness (QED) is 0.348. The number of nitrogens with one attached hydrogen (secondary N) is 3. The van der Waals surface area contributed by atoms with Crippen molar-refractivity contribution in [1.82, 2.24) is 16.2 Å². The van der Waals surface area contributed by atoms with Gasteiger partial charge in [-0.05, 0) is 42.0 Å². The van der Waals surface area contributed by atoms with Crippen molar-refractivity contribution in [3.8, 4) is 11.5 Å². The Morgan fingerprint density at radius 1 is 1.00 bits per heavy atom. The van der Waals surface area contributed by atoms with Gasteiger partial charge >= 0.3 is 0 Å². The number of ether oxygens (including phenoxy) is 2. The fraction of sp³-hybridized carbons (Fsp3) is 0.167. The number of amides is 2. The fourth-order valence-corrected chi connectivity index (χ4v) is 2.27. The summed E-state index contributed by atoms with van der Waals surface area (Å²) < 4.78 is 10.3. The van der Waals surface area contributed by atoms with Crippen LogP contribution >= 0.6 is 12.2 Å². The molecule has 0 unspecified atom stereocenters. The molecule has 0 atom stereocenters. The van der Waals surface area contributed by atoms with Crippen LogP contribution in [0.3, 0.4) is 0 Å². The molecule has 0 spiro atoms. The molecule has 0 saturated heterocycles. The van der Waals surface area contributed by atoms with Crippen LogP contribution in [0.25, 0.3) is 0 Å². The smallest absolute Gasteiger partial charge is 0.269 e. The third-order valence-corrected chi connectivity index (χ3v) is 3.71. The van der Waals surface area contributed by atoms with E-state index >= 15 is 0 Å². The molecule has 2 rings (SSSR count). The SMILES string of the molecule is COc1ccc(CC(=O)NNC(=S)NC(=O)COc2ccc([N+](=O)[O-])cc2)cc1. The Bertz CT molecular complexity index is 886. The first kappa shape index (κ1) is 21.6. The van der Waals surface area contributed by atoms with Crippen LogP contribution in [0.5, 0.6) is 11.5 Å². The highest BCUT2D eigenvalue weighted by molar-refractivity contribution is 7.80. The molecule has 0 radical (unpaired) electrons. The Labute approximate surface area is 171 Å². The number of hydrogen-bond donors (Lipinski definition) is 3. The fourth-order valence-electron chi connectivity index (χ4n) is 2.11. The molecule has 0 aliphatic heterocycles. The predicted octanol–water partition coefficient (Wildman–Crippen LogP) is 1.25. The number of nitrogens with zero attached hydrogens (tertiary/aromatic N) is 1. The van der Waals surface area contributed by atoms with Gasteiger partial charge in [-0.2, -0.15) is 0 Å². The van der Waals surface area contributed by atoms with Gasteiger partial charge in [0.25, 0.3) is 11.6 Å². The van der Waals surface area contributed by atoms with Crippen molar-refractivity contribution in [3.05, 3.63) is 64.2 Å². The van der Waals surface area contributed by atoms with E-state index in [9.17, 15) is 19.7 Å². The van der Waals surface area contributed by atoms with Gasteiger partial charge in [-0.1, -0.05) is 12.1 Å². The number of non-ortho nitro benzene ring substituents is 1. The van der Waals surface area contributed by atoms with Gasteiger partial charge in [0.2, 0.25) is 5.91 Å². The molecule has 2 amide bonds. The van der Waals surface area contributed by atoms with E-state index in [0.717, 1.165) is 5.56 Å². The van der Waals surface area contributed by atoms with Gasteiger partial charge in [-0.3, -0.25) is 35.9 Å². The lowest BCUT2D eigenvalue weighted by atomic mass is 10.1. The van der Waals surface area contributed by atoms with Crippen molar-refractivity contribution in [1.29, 1.82) is 0 Å². The number of thiocarbonyl (C=S) groups is 1. The van der Waals surface area contributed by atoms with Crippen LogP contribution < -0.4 is 25.6 Å². The van der Waals surface area contributed by atoms with Crippen LogP contribution in [0.4, 0.5) is 5.69 Å². The van der Waals surface area contributed by atoms with Crippen molar-refractivity contribution in [3.63, 3.8) is 0 Å². The lowest BCUT2D eigenvalue weighted by Gasteiger charge is -2.11. The number of nitro groups is 1.